The number of hydrogen-bond acceptors (Lipinski definition) is 5. The van der Waals surface area contributed by atoms with Crippen molar-refractivity contribution in [3.8, 4) is 0 Å². The molecule has 0 bridgehead atoms. The summed E-state index contributed by atoms with van der Waals surface area (Å²) in [4.78, 5) is 29.6. The molecule has 2 amide bonds. The third kappa shape index (κ3) is 4.12. The number of nitrogens with zero attached hydrogens (tertiary/aromatic N) is 2. The Morgan fingerprint density at radius 3 is 2.54 bits per heavy atom. The molecule has 0 aliphatic carbocycles. The minimum atomic E-state index is -0.884. The lowest BCUT2D eigenvalue weighted by atomic mass is 10.3. The van der Waals surface area contributed by atoms with Crippen LogP contribution in [-0.4, -0.2) is 34.8 Å². The van der Waals surface area contributed by atoms with Crippen LogP contribution in [0.2, 0.25) is 0 Å². The van der Waals surface area contributed by atoms with Crippen molar-refractivity contribution in [1.82, 2.24) is 9.88 Å². The molecule has 1 aromatic heterocycles. The summed E-state index contributed by atoms with van der Waals surface area (Å²) in [6.07, 6.45) is 0. The van der Waals surface area contributed by atoms with Crippen molar-refractivity contribution in [3.63, 3.8) is 0 Å². The number of aromatic nitrogens is 1. The number of benzene rings is 1. The molecule has 3 N–H and O–H groups in total. The Hall–Kier alpha value is -2.39. The lowest BCUT2D eigenvalue weighted by Crippen LogP contribution is -2.38. The van der Waals surface area contributed by atoms with E-state index in [4.69, 9.17) is 5.73 Å². The van der Waals surface area contributed by atoms with Crippen molar-refractivity contribution in [2.24, 2.45) is 5.73 Å². The van der Waals surface area contributed by atoms with E-state index in [9.17, 15) is 18.4 Å². The van der Waals surface area contributed by atoms with E-state index in [1.165, 1.54) is 22.3 Å². The topological polar surface area (TPSA) is 88.3 Å². The van der Waals surface area contributed by atoms with Crippen molar-refractivity contribution in [2.45, 2.75) is 13.5 Å². The van der Waals surface area contributed by atoms with Gasteiger partial charge in [-0.25, -0.2) is 13.8 Å². The van der Waals surface area contributed by atoms with Crippen molar-refractivity contribution in [3.05, 3.63) is 45.9 Å². The lowest BCUT2D eigenvalue weighted by Gasteiger charge is -2.19. The number of para-hydroxylation sites is 1. The number of carbonyl (C=O) groups excluding carboxylic acids is 2. The Kier molecular flexibility index (Phi) is 5.93. The van der Waals surface area contributed by atoms with Gasteiger partial charge in [0.1, 0.15) is 34.6 Å². The second kappa shape index (κ2) is 7.93. The fourth-order valence-corrected chi connectivity index (χ4v) is 2.61. The average Bonchev–Trinajstić information content (AvgIpc) is 3.04. The minimum Gasteiger partial charge on any atom is -0.328 e. The van der Waals surface area contributed by atoms with Crippen LogP contribution in [0.3, 0.4) is 0 Å². The number of likely N-dealkylation sites (N-methyl/N-ethyl adjacent to an activating group) is 1. The highest BCUT2D eigenvalue weighted by Gasteiger charge is 2.21. The molecule has 24 heavy (non-hydrogen) atoms. The maximum Gasteiger partial charge on any atom is 0.273 e. The molecule has 0 fully saturated rings. The standard InChI is InChI=1S/C15H16F2N4O2S/c1-2-21(15(23)11-8-24-13(6-18)19-11)7-12(22)20-14-9(16)4-3-5-10(14)17/h3-5,8H,2,6-7,18H2,1H3,(H,20,22). The summed E-state index contributed by atoms with van der Waals surface area (Å²) in [5.41, 5.74) is 5.10. The summed E-state index contributed by atoms with van der Waals surface area (Å²) < 4.78 is 27.1. The molecule has 0 radical (unpaired) electrons. The third-order valence-corrected chi connectivity index (χ3v) is 4.05. The van der Waals surface area contributed by atoms with Crippen LogP contribution in [0.4, 0.5) is 14.5 Å². The van der Waals surface area contributed by atoms with Gasteiger partial charge in [-0.2, -0.15) is 0 Å². The average molecular weight is 354 g/mol. The van der Waals surface area contributed by atoms with E-state index in [-0.39, 0.29) is 25.3 Å². The van der Waals surface area contributed by atoms with Gasteiger partial charge >= 0.3 is 0 Å². The Morgan fingerprint density at radius 1 is 1.33 bits per heavy atom. The number of anilines is 1. The van der Waals surface area contributed by atoms with Crippen LogP contribution in [0.15, 0.2) is 23.6 Å². The molecule has 0 aliphatic rings. The molecule has 128 valence electrons. The van der Waals surface area contributed by atoms with E-state index < -0.39 is 29.1 Å². The van der Waals surface area contributed by atoms with Gasteiger partial charge in [0.15, 0.2) is 0 Å². The molecular formula is C15H16F2N4O2S. The second-order valence-corrected chi connectivity index (χ2v) is 5.74. The van der Waals surface area contributed by atoms with Gasteiger partial charge in [0.25, 0.3) is 5.91 Å². The third-order valence-electron chi connectivity index (χ3n) is 3.18. The number of hydrogen-bond donors (Lipinski definition) is 2. The minimum absolute atomic E-state index is 0.187. The monoisotopic (exact) mass is 354 g/mol. The van der Waals surface area contributed by atoms with Gasteiger partial charge in [0, 0.05) is 18.5 Å². The van der Waals surface area contributed by atoms with Crippen LogP contribution in [0, 0.1) is 11.6 Å². The molecule has 6 nitrogen and oxygen atoms in total. The van der Waals surface area contributed by atoms with Gasteiger partial charge in [-0.1, -0.05) is 6.07 Å². The number of halogens is 2. The summed E-state index contributed by atoms with van der Waals surface area (Å²) in [5.74, 6) is -2.92. The molecular weight excluding hydrogens is 338 g/mol. The van der Waals surface area contributed by atoms with Crippen LogP contribution in [-0.2, 0) is 11.3 Å². The molecule has 1 heterocycles. The smallest absolute Gasteiger partial charge is 0.273 e. The Labute approximate surface area is 141 Å². The molecule has 2 aromatic rings. The van der Waals surface area contributed by atoms with Gasteiger partial charge in [0.2, 0.25) is 5.91 Å². The Balaban J connectivity index is 2.06. The molecule has 0 aliphatic heterocycles. The Bertz CT molecular complexity index is 731. The normalized spacial score (nSPS) is 10.5. The van der Waals surface area contributed by atoms with Crippen molar-refractivity contribution < 1.29 is 18.4 Å². The zero-order valence-electron chi connectivity index (χ0n) is 12.9. The van der Waals surface area contributed by atoms with E-state index >= 15 is 0 Å². The SMILES string of the molecule is CCN(CC(=O)Nc1c(F)cccc1F)C(=O)c1csc(CN)n1. The molecule has 1 aromatic carbocycles. The molecule has 9 heteroatoms. The highest BCUT2D eigenvalue weighted by atomic mass is 32.1. The predicted octanol–water partition coefficient (Wildman–Crippen LogP) is 1.98. The van der Waals surface area contributed by atoms with E-state index in [0.29, 0.717) is 5.01 Å². The quantitative estimate of drug-likeness (QED) is 0.830. The molecule has 0 spiro atoms. The fourth-order valence-electron chi connectivity index (χ4n) is 1.96. The molecule has 0 saturated heterocycles. The van der Waals surface area contributed by atoms with E-state index in [2.05, 4.69) is 10.3 Å². The van der Waals surface area contributed by atoms with Gasteiger partial charge in [-0.3, -0.25) is 9.59 Å². The van der Waals surface area contributed by atoms with Crippen LogP contribution in [0.25, 0.3) is 0 Å². The molecule has 2 rings (SSSR count). The van der Waals surface area contributed by atoms with Gasteiger partial charge < -0.3 is 16.0 Å². The van der Waals surface area contributed by atoms with Crippen molar-refractivity contribution >= 4 is 28.8 Å². The number of carbonyl (C=O) groups is 2. The van der Waals surface area contributed by atoms with Crippen molar-refractivity contribution in [1.29, 1.82) is 0 Å². The first-order valence-electron chi connectivity index (χ1n) is 7.13. The molecule has 0 saturated carbocycles. The number of nitrogens with two attached hydrogens (primary N) is 1. The zero-order valence-corrected chi connectivity index (χ0v) is 13.7. The second-order valence-electron chi connectivity index (χ2n) is 4.79. The summed E-state index contributed by atoms with van der Waals surface area (Å²) >= 11 is 1.25. The van der Waals surface area contributed by atoms with E-state index in [1.807, 2.05) is 0 Å². The summed E-state index contributed by atoms with van der Waals surface area (Å²) in [5, 5.41) is 4.31. The largest absolute Gasteiger partial charge is 0.328 e. The first kappa shape index (κ1) is 18.0. The maximum atomic E-state index is 13.5. The summed E-state index contributed by atoms with van der Waals surface area (Å²) in [7, 11) is 0. The number of thiazole rings is 1. The van der Waals surface area contributed by atoms with Crippen LogP contribution in [0.1, 0.15) is 22.4 Å². The van der Waals surface area contributed by atoms with Gasteiger partial charge in [0.05, 0.1) is 0 Å². The lowest BCUT2D eigenvalue weighted by molar-refractivity contribution is -0.116. The molecule has 0 atom stereocenters. The Morgan fingerprint density at radius 2 is 2.00 bits per heavy atom. The highest BCUT2D eigenvalue weighted by molar-refractivity contribution is 7.09. The number of nitrogens with one attached hydrogen (secondary N) is 1. The zero-order chi connectivity index (χ0) is 17.7. The first-order valence-corrected chi connectivity index (χ1v) is 8.01. The van der Waals surface area contributed by atoms with E-state index in [0.717, 1.165) is 12.1 Å². The van der Waals surface area contributed by atoms with Crippen molar-refractivity contribution in [2.75, 3.05) is 18.4 Å². The number of rotatable bonds is 6. The number of amides is 2. The fraction of sp³-hybridized carbons (Fsp3) is 0.267. The molecule has 0 unspecified atom stereocenters. The predicted molar refractivity (Wildman–Crippen MR) is 86.6 cm³/mol. The maximum absolute atomic E-state index is 13.5. The van der Waals surface area contributed by atoms with Gasteiger partial charge in [-0.05, 0) is 19.1 Å². The van der Waals surface area contributed by atoms with E-state index in [1.54, 1.807) is 12.3 Å². The highest BCUT2D eigenvalue weighted by Crippen LogP contribution is 2.18. The summed E-state index contributed by atoms with van der Waals surface area (Å²) in [6, 6.07) is 3.26. The first-order chi connectivity index (χ1) is 11.5. The van der Waals surface area contributed by atoms with Gasteiger partial charge in [-0.15, -0.1) is 11.3 Å². The van der Waals surface area contributed by atoms with Crippen LogP contribution < -0.4 is 11.1 Å². The summed E-state index contributed by atoms with van der Waals surface area (Å²) in [6.45, 7) is 1.79. The van der Waals surface area contributed by atoms with Crippen LogP contribution in [0.5, 0.6) is 0 Å². The van der Waals surface area contributed by atoms with Crippen LogP contribution >= 0.6 is 11.3 Å².